The van der Waals surface area contributed by atoms with Crippen molar-refractivity contribution in [1.82, 2.24) is 14.9 Å². The number of nitrogens with zero attached hydrogens (tertiary/aromatic N) is 2. The zero-order valence-electron chi connectivity index (χ0n) is 12.2. The van der Waals surface area contributed by atoms with Crippen molar-refractivity contribution in [2.45, 2.75) is 31.8 Å². The van der Waals surface area contributed by atoms with E-state index in [1.165, 1.54) is 12.8 Å². The molecule has 5 heteroatoms. The Morgan fingerprint density at radius 3 is 2.95 bits per heavy atom. The summed E-state index contributed by atoms with van der Waals surface area (Å²) in [5.41, 5.74) is 3.18. The molecule has 1 N–H and O–H groups in total. The molecule has 0 bridgehead atoms. The second-order valence-electron chi connectivity index (χ2n) is 5.73. The fourth-order valence-corrected chi connectivity index (χ4v) is 3.38. The van der Waals surface area contributed by atoms with Crippen LogP contribution < -0.4 is 5.32 Å². The van der Waals surface area contributed by atoms with Crippen LogP contribution in [0.3, 0.4) is 0 Å². The van der Waals surface area contributed by atoms with Crippen molar-refractivity contribution in [3.05, 3.63) is 52.5 Å². The Morgan fingerprint density at radius 2 is 2.18 bits per heavy atom. The predicted octanol–water partition coefficient (Wildman–Crippen LogP) is 3.29. The number of hydrogen-bond acceptors (Lipinski definition) is 3. The van der Waals surface area contributed by atoms with Crippen LogP contribution in [0, 0.1) is 0 Å². The maximum atomic E-state index is 12.3. The molecular weight excluding hydrogens is 294 g/mol. The molecule has 0 aliphatic heterocycles. The third-order valence-corrected chi connectivity index (χ3v) is 4.73. The molecule has 0 atom stereocenters. The molecule has 1 amide bonds. The molecule has 0 radical (unpaired) electrons. The first-order valence-corrected chi connectivity index (χ1v) is 8.48. The predicted molar refractivity (Wildman–Crippen MR) is 87.9 cm³/mol. The Balaban J connectivity index is 1.55. The molecule has 1 fully saturated rings. The lowest BCUT2D eigenvalue weighted by atomic mass is 10.3. The molecule has 112 valence electrons. The van der Waals surface area contributed by atoms with Crippen molar-refractivity contribution in [3.8, 4) is 0 Å². The van der Waals surface area contributed by atoms with Gasteiger partial charge in [-0.25, -0.2) is 4.98 Å². The van der Waals surface area contributed by atoms with Gasteiger partial charge in [0.15, 0.2) is 0 Å². The first-order chi connectivity index (χ1) is 10.8. The molecule has 2 aromatic heterocycles. The standard InChI is InChI=1S/C17H17N3OS/c21-16(18-9-12-7-8-22-11-12)10-20-15-4-2-1-3-14(15)19-17(20)13-5-6-13/h1-4,7-8,11,13H,5-6,9-10H2,(H,18,21). The first-order valence-electron chi connectivity index (χ1n) is 7.54. The lowest BCUT2D eigenvalue weighted by Crippen LogP contribution is -2.27. The van der Waals surface area contributed by atoms with Crippen LogP contribution in [0.4, 0.5) is 0 Å². The van der Waals surface area contributed by atoms with Crippen LogP contribution >= 0.6 is 11.3 Å². The number of carbonyl (C=O) groups excluding carboxylic acids is 1. The fourth-order valence-electron chi connectivity index (χ4n) is 2.71. The SMILES string of the molecule is O=C(Cn1c(C2CC2)nc2ccccc21)NCc1ccsc1. The second-order valence-corrected chi connectivity index (χ2v) is 6.51. The molecule has 0 unspecified atom stereocenters. The molecule has 1 aromatic carbocycles. The van der Waals surface area contributed by atoms with Crippen LogP contribution in [0.25, 0.3) is 11.0 Å². The van der Waals surface area contributed by atoms with Gasteiger partial charge in [-0.3, -0.25) is 4.79 Å². The highest BCUT2D eigenvalue weighted by Gasteiger charge is 2.30. The molecule has 4 rings (SSSR count). The molecule has 4 nitrogen and oxygen atoms in total. The van der Waals surface area contributed by atoms with Crippen LogP contribution in [-0.2, 0) is 17.9 Å². The van der Waals surface area contributed by atoms with Crippen LogP contribution in [0.1, 0.15) is 30.1 Å². The zero-order chi connectivity index (χ0) is 14.9. The highest BCUT2D eigenvalue weighted by Crippen LogP contribution is 2.40. The summed E-state index contributed by atoms with van der Waals surface area (Å²) in [6.07, 6.45) is 2.36. The summed E-state index contributed by atoms with van der Waals surface area (Å²) < 4.78 is 2.08. The molecule has 1 aliphatic rings. The summed E-state index contributed by atoms with van der Waals surface area (Å²) in [4.78, 5) is 17.0. The number of para-hydroxylation sites is 2. The second kappa shape index (κ2) is 5.57. The van der Waals surface area contributed by atoms with Gasteiger partial charge in [0.2, 0.25) is 5.91 Å². The average Bonchev–Trinajstić information content (AvgIpc) is 3.12. The van der Waals surface area contributed by atoms with E-state index in [2.05, 4.69) is 15.3 Å². The number of rotatable bonds is 5. The summed E-state index contributed by atoms with van der Waals surface area (Å²) in [6, 6.07) is 10.1. The highest BCUT2D eigenvalue weighted by molar-refractivity contribution is 7.07. The fraction of sp³-hybridized carbons (Fsp3) is 0.294. The van der Waals surface area contributed by atoms with Crippen molar-refractivity contribution < 1.29 is 4.79 Å². The van der Waals surface area contributed by atoms with E-state index in [-0.39, 0.29) is 5.91 Å². The molecule has 3 aromatic rings. The minimum atomic E-state index is 0.0382. The van der Waals surface area contributed by atoms with Gasteiger partial charge in [0.05, 0.1) is 11.0 Å². The number of thiophene rings is 1. The van der Waals surface area contributed by atoms with Gasteiger partial charge in [-0.1, -0.05) is 12.1 Å². The van der Waals surface area contributed by atoms with Gasteiger partial charge in [-0.05, 0) is 47.4 Å². The zero-order valence-corrected chi connectivity index (χ0v) is 13.0. The van der Waals surface area contributed by atoms with Gasteiger partial charge in [0, 0.05) is 12.5 Å². The molecule has 1 aliphatic carbocycles. The number of aromatic nitrogens is 2. The highest BCUT2D eigenvalue weighted by atomic mass is 32.1. The lowest BCUT2D eigenvalue weighted by molar-refractivity contribution is -0.121. The van der Waals surface area contributed by atoms with Crippen molar-refractivity contribution in [1.29, 1.82) is 0 Å². The van der Waals surface area contributed by atoms with Crippen molar-refractivity contribution in [3.63, 3.8) is 0 Å². The van der Waals surface area contributed by atoms with Crippen LogP contribution in [0.15, 0.2) is 41.1 Å². The largest absolute Gasteiger partial charge is 0.350 e. The maximum absolute atomic E-state index is 12.3. The normalized spacial score (nSPS) is 14.4. The van der Waals surface area contributed by atoms with E-state index in [9.17, 15) is 4.79 Å². The Morgan fingerprint density at radius 1 is 1.32 bits per heavy atom. The minimum Gasteiger partial charge on any atom is -0.350 e. The lowest BCUT2D eigenvalue weighted by Gasteiger charge is -2.09. The van der Waals surface area contributed by atoms with Crippen LogP contribution in [0.2, 0.25) is 0 Å². The van der Waals surface area contributed by atoms with Gasteiger partial charge in [0.25, 0.3) is 0 Å². The maximum Gasteiger partial charge on any atom is 0.240 e. The Hall–Kier alpha value is -2.14. The van der Waals surface area contributed by atoms with Gasteiger partial charge >= 0.3 is 0 Å². The van der Waals surface area contributed by atoms with E-state index in [0.717, 1.165) is 22.4 Å². The number of amides is 1. The van der Waals surface area contributed by atoms with Crippen molar-refractivity contribution in [2.75, 3.05) is 0 Å². The topological polar surface area (TPSA) is 46.9 Å². The molecule has 2 heterocycles. The summed E-state index contributed by atoms with van der Waals surface area (Å²) in [5.74, 6) is 1.63. The third-order valence-electron chi connectivity index (χ3n) is 4.00. The van der Waals surface area contributed by atoms with E-state index >= 15 is 0 Å². The number of benzene rings is 1. The smallest absolute Gasteiger partial charge is 0.240 e. The number of hydrogen-bond donors (Lipinski definition) is 1. The number of fused-ring (bicyclic) bond motifs is 1. The number of nitrogens with one attached hydrogen (secondary N) is 1. The quantitative estimate of drug-likeness (QED) is 0.786. The molecule has 0 saturated heterocycles. The summed E-state index contributed by atoms with van der Waals surface area (Å²) in [5, 5.41) is 7.08. The molecule has 1 saturated carbocycles. The van der Waals surface area contributed by atoms with E-state index in [0.29, 0.717) is 19.0 Å². The first kappa shape index (κ1) is 13.5. The summed E-state index contributed by atoms with van der Waals surface area (Å²) in [6.45, 7) is 0.935. The number of carbonyl (C=O) groups is 1. The Bertz CT molecular complexity index is 803. The molecule has 22 heavy (non-hydrogen) atoms. The van der Waals surface area contributed by atoms with Gasteiger partial charge in [-0.15, -0.1) is 0 Å². The van der Waals surface area contributed by atoms with E-state index in [1.54, 1.807) is 11.3 Å². The number of imidazole rings is 1. The summed E-state index contributed by atoms with van der Waals surface area (Å²) >= 11 is 1.65. The Kier molecular flexibility index (Phi) is 3.42. The molecule has 0 spiro atoms. The van der Waals surface area contributed by atoms with Gasteiger partial charge in [-0.2, -0.15) is 11.3 Å². The van der Waals surface area contributed by atoms with Crippen molar-refractivity contribution >= 4 is 28.3 Å². The van der Waals surface area contributed by atoms with Gasteiger partial charge in [0.1, 0.15) is 12.4 Å². The van der Waals surface area contributed by atoms with Gasteiger partial charge < -0.3 is 9.88 Å². The van der Waals surface area contributed by atoms with Crippen molar-refractivity contribution in [2.24, 2.45) is 0 Å². The third kappa shape index (κ3) is 2.64. The summed E-state index contributed by atoms with van der Waals surface area (Å²) in [7, 11) is 0. The minimum absolute atomic E-state index is 0.0382. The molecular formula is C17H17N3OS. The average molecular weight is 311 g/mol. The van der Waals surface area contributed by atoms with E-state index in [1.807, 2.05) is 35.7 Å². The Labute approximate surface area is 132 Å². The monoisotopic (exact) mass is 311 g/mol. The van der Waals surface area contributed by atoms with Crippen LogP contribution in [0.5, 0.6) is 0 Å². The van der Waals surface area contributed by atoms with E-state index in [4.69, 9.17) is 4.98 Å². The van der Waals surface area contributed by atoms with Crippen LogP contribution in [-0.4, -0.2) is 15.5 Å². The van der Waals surface area contributed by atoms with E-state index < -0.39 is 0 Å².